The van der Waals surface area contributed by atoms with Crippen molar-refractivity contribution in [1.82, 2.24) is 5.43 Å². The second-order valence-electron chi connectivity index (χ2n) is 5.10. The van der Waals surface area contributed by atoms with Crippen LogP contribution in [-0.2, 0) is 4.79 Å². The van der Waals surface area contributed by atoms with E-state index in [1.54, 1.807) is 6.08 Å². The number of rotatable bonds is 5. The monoisotopic (exact) mass is 284 g/mol. The quantitative estimate of drug-likeness (QED) is 0.844. The first kappa shape index (κ1) is 15.0. The van der Waals surface area contributed by atoms with Crippen LogP contribution in [0.3, 0.4) is 0 Å². The lowest BCUT2D eigenvalue weighted by atomic mass is 9.93. The number of hydrogen-bond acceptors (Lipinski definition) is 3. The van der Waals surface area contributed by atoms with Crippen LogP contribution in [0.15, 0.2) is 47.6 Å². The van der Waals surface area contributed by atoms with Crippen molar-refractivity contribution in [3.8, 4) is 5.75 Å². The lowest BCUT2D eigenvalue weighted by Gasteiger charge is -2.19. The highest BCUT2D eigenvalue weighted by Gasteiger charge is 2.21. The Labute approximate surface area is 125 Å². The molecule has 21 heavy (non-hydrogen) atoms. The Hall–Kier alpha value is -2.36. The Balaban J connectivity index is 2.26. The maximum absolute atomic E-state index is 11.3. The van der Waals surface area contributed by atoms with E-state index >= 15 is 0 Å². The van der Waals surface area contributed by atoms with Crippen molar-refractivity contribution >= 4 is 17.7 Å². The molecule has 1 aliphatic rings. The van der Waals surface area contributed by atoms with Crippen molar-refractivity contribution in [1.29, 1.82) is 0 Å². The average Bonchev–Trinajstić information content (AvgIpc) is 2.46. The number of para-hydroxylation sites is 1. The molecule has 0 aliphatic carbocycles. The number of hydrazone groups is 1. The first-order valence-corrected chi connectivity index (χ1v) is 6.99. The lowest BCUT2D eigenvalue weighted by Crippen LogP contribution is -2.31. The van der Waals surface area contributed by atoms with E-state index in [-0.39, 0.29) is 11.8 Å². The predicted octanol–water partition coefficient (Wildman–Crippen LogP) is 3.17. The summed E-state index contributed by atoms with van der Waals surface area (Å²) in [6.07, 6.45) is 4.22. The van der Waals surface area contributed by atoms with Gasteiger partial charge in [0.25, 0.3) is 0 Å². The van der Waals surface area contributed by atoms with Gasteiger partial charge in [0.05, 0.1) is 5.71 Å². The second-order valence-corrected chi connectivity index (χ2v) is 5.10. The molecule has 1 aromatic carbocycles. The van der Waals surface area contributed by atoms with Crippen molar-refractivity contribution in [2.75, 3.05) is 6.61 Å². The highest BCUT2D eigenvalue weighted by molar-refractivity contribution is 6.07. The zero-order valence-electron chi connectivity index (χ0n) is 12.4. The number of carbonyl (C=O) groups excluding carboxylic acids is 1. The number of amides is 1. The number of allylic oxidation sites excluding steroid dienone is 1. The van der Waals surface area contributed by atoms with Crippen molar-refractivity contribution < 1.29 is 9.53 Å². The molecular weight excluding hydrogens is 264 g/mol. The van der Waals surface area contributed by atoms with E-state index in [2.05, 4.69) is 17.1 Å². The third kappa shape index (κ3) is 3.81. The van der Waals surface area contributed by atoms with Gasteiger partial charge in [0.2, 0.25) is 5.91 Å². The fourth-order valence-corrected chi connectivity index (χ4v) is 2.32. The Kier molecular flexibility index (Phi) is 4.93. The zero-order chi connectivity index (χ0) is 15.2. The fraction of sp³-hybridized carbons (Fsp3) is 0.294. The van der Waals surface area contributed by atoms with Gasteiger partial charge in [0.1, 0.15) is 12.4 Å². The standard InChI is InChI=1S/C17H20N2O2/c1-4-9-21-15-8-6-5-7-14(15)10-12(2)17-13(3)11-16(20)18-19-17/h4-8,10,13H,1,9,11H2,2-3H3,(H,18,20). The first-order valence-electron chi connectivity index (χ1n) is 6.99. The summed E-state index contributed by atoms with van der Waals surface area (Å²) in [6, 6.07) is 7.82. The summed E-state index contributed by atoms with van der Waals surface area (Å²) in [7, 11) is 0. The van der Waals surface area contributed by atoms with Gasteiger partial charge in [-0.1, -0.05) is 37.8 Å². The van der Waals surface area contributed by atoms with Gasteiger partial charge in [0.15, 0.2) is 0 Å². The molecule has 1 atom stereocenters. The third-order valence-corrected chi connectivity index (χ3v) is 3.31. The predicted molar refractivity (Wildman–Crippen MR) is 85.1 cm³/mol. The van der Waals surface area contributed by atoms with E-state index in [0.29, 0.717) is 13.0 Å². The number of nitrogens with one attached hydrogen (secondary N) is 1. The molecular formula is C17H20N2O2. The first-order chi connectivity index (χ1) is 10.1. The largest absolute Gasteiger partial charge is 0.489 e. The van der Waals surface area contributed by atoms with Crippen molar-refractivity contribution in [3.05, 3.63) is 48.1 Å². The van der Waals surface area contributed by atoms with E-state index in [1.807, 2.05) is 44.2 Å². The molecule has 1 N–H and O–H groups in total. The molecule has 1 amide bonds. The summed E-state index contributed by atoms with van der Waals surface area (Å²) in [5.74, 6) is 0.898. The SMILES string of the molecule is C=CCOc1ccccc1C=C(C)C1=NNC(=O)CC1C. The van der Waals surface area contributed by atoms with Crippen LogP contribution in [0.1, 0.15) is 25.8 Å². The van der Waals surface area contributed by atoms with E-state index in [1.165, 1.54) is 0 Å². The average molecular weight is 284 g/mol. The van der Waals surface area contributed by atoms with Gasteiger partial charge in [0, 0.05) is 17.9 Å². The minimum Gasteiger partial charge on any atom is -0.489 e. The van der Waals surface area contributed by atoms with Crippen molar-refractivity contribution in [3.63, 3.8) is 0 Å². The van der Waals surface area contributed by atoms with Crippen LogP contribution < -0.4 is 10.2 Å². The van der Waals surface area contributed by atoms with Gasteiger partial charge in [-0.2, -0.15) is 5.10 Å². The van der Waals surface area contributed by atoms with Crippen molar-refractivity contribution in [2.24, 2.45) is 11.0 Å². The molecule has 0 spiro atoms. The van der Waals surface area contributed by atoms with Gasteiger partial charge < -0.3 is 4.74 Å². The molecule has 0 saturated carbocycles. The van der Waals surface area contributed by atoms with Gasteiger partial charge in [-0.3, -0.25) is 4.79 Å². The third-order valence-electron chi connectivity index (χ3n) is 3.31. The smallest absolute Gasteiger partial charge is 0.240 e. The molecule has 110 valence electrons. The van der Waals surface area contributed by atoms with Crippen LogP contribution >= 0.6 is 0 Å². The minimum absolute atomic E-state index is 0.0335. The molecule has 1 aliphatic heterocycles. The lowest BCUT2D eigenvalue weighted by molar-refractivity contribution is -0.121. The summed E-state index contributed by atoms with van der Waals surface area (Å²) in [5.41, 5.74) is 5.47. The minimum atomic E-state index is -0.0335. The maximum Gasteiger partial charge on any atom is 0.240 e. The highest BCUT2D eigenvalue weighted by Crippen LogP contribution is 2.23. The molecule has 0 aromatic heterocycles. The Morgan fingerprint density at radius 2 is 2.29 bits per heavy atom. The van der Waals surface area contributed by atoms with Crippen LogP contribution in [0.5, 0.6) is 5.75 Å². The van der Waals surface area contributed by atoms with E-state index in [9.17, 15) is 4.79 Å². The summed E-state index contributed by atoms with van der Waals surface area (Å²) in [5, 5.41) is 4.17. The second kappa shape index (κ2) is 6.88. The molecule has 4 nitrogen and oxygen atoms in total. The molecule has 0 fully saturated rings. The molecule has 2 rings (SSSR count). The summed E-state index contributed by atoms with van der Waals surface area (Å²) in [4.78, 5) is 11.3. The van der Waals surface area contributed by atoms with Crippen LogP contribution in [0.4, 0.5) is 0 Å². The van der Waals surface area contributed by atoms with Crippen LogP contribution in [0, 0.1) is 5.92 Å². The van der Waals surface area contributed by atoms with Gasteiger partial charge in [-0.05, 0) is 24.6 Å². The van der Waals surface area contributed by atoms with Gasteiger partial charge >= 0.3 is 0 Å². The van der Waals surface area contributed by atoms with Gasteiger partial charge in [-0.15, -0.1) is 0 Å². The van der Waals surface area contributed by atoms with Crippen LogP contribution in [0.25, 0.3) is 6.08 Å². The number of nitrogens with zero attached hydrogens (tertiary/aromatic N) is 1. The van der Waals surface area contributed by atoms with Crippen molar-refractivity contribution in [2.45, 2.75) is 20.3 Å². The van der Waals surface area contributed by atoms with E-state index < -0.39 is 0 Å². The Morgan fingerprint density at radius 1 is 1.52 bits per heavy atom. The normalized spacial score (nSPS) is 18.8. The summed E-state index contributed by atoms with van der Waals surface area (Å²) >= 11 is 0. The number of hydrogen-bond donors (Lipinski definition) is 1. The molecule has 1 aromatic rings. The fourth-order valence-electron chi connectivity index (χ4n) is 2.32. The summed E-state index contributed by atoms with van der Waals surface area (Å²) in [6.45, 7) is 8.13. The molecule has 1 heterocycles. The highest BCUT2D eigenvalue weighted by atomic mass is 16.5. The van der Waals surface area contributed by atoms with Crippen LogP contribution in [-0.4, -0.2) is 18.2 Å². The zero-order valence-corrected chi connectivity index (χ0v) is 12.4. The number of ether oxygens (including phenoxy) is 1. The maximum atomic E-state index is 11.3. The van der Waals surface area contributed by atoms with E-state index in [4.69, 9.17) is 4.74 Å². The number of carbonyl (C=O) groups is 1. The molecule has 4 heteroatoms. The van der Waals surface area contributed by atoms with E-state index in [0.717, 1.165) is 22.6 Å². The Bertz CT molecular complexity index is 603. The molecule has 0 bridgehead atoms. The van der Waals surface area contributed by atoms with Gasteiger partial charge in [-0.25, -0.2) is 5.43 Å². The van der Waals surface area contributed by atoms with Crippen LogP contribution in [0.2, 0.25) is 0 Å². The molecule has 0 radical (unpaired) electrons. The topological polar surface area (TPSA) is 50.7 Å². The molecule has 0 saturated heterocycles. The summed E-state index contributed by atoms with van der Waals surface area (Å²) < 4.78 is 5.65. The Morgan fingerprint density at radius 3 is 3.00 bits per heavy atom. The molecule has 1 unspecified atom stereocenters. The number of benzene rings is 1.